The van der Waals surface area contributed by atoms with Gasteiger partial charge in [-0.05, 0) is 52.9 Å². The molecule has 2 unspecified atom stereocenters. The van der Waals surface area contributed by atoms with Gasteiger partial charge in [-0.3, -0.25) is 9.69 Å². The van der Waals surface area contributed by atoms with Crippen LogP contribution < -0.4 is 4.74 Å². The molecule has 8 heteroatoms. The molecular formula is C29H30F4N2O2. The van der Waals surface area contributed by atoms with Crippen molar-refractivity contribution >= 4 is 5.91 Å². The summed E-state index contributed by atoms with van der Waals surface area (Å²) in [6.07, 6.45) is -4.39. The van der Waals surface area contributed by atoms with Crippen LogP contribution in [-0.4, -0.2) is 42.5 Å². The molecule has 2 atom stereocenters. The summed E-state index contributed by atoms with van der Waals surface area (Å²) >= 11 is 0. The summed E-state index contributed by atoms with van der Waals surface area (Å²) in [6.45, 7) is 4.00. The average Bonchev–Trinajstić information content (AvgIpc) is 3.26. The maximum absolute atomic E-state index is 13.4. The van der Waals surface area contributed by atoms with Gasteiger partial charge in [0, 0.05) is 45.6 Å². The zero-order valence-electron chi connectivity index (χ0n) is 20.8. The fourth-order valence-electron chi connectivity index (χ4n) is 5.01. The zero-order chi connectivity index (χ0) is 26.6. The first-order valence-corrected chi connectivity index (χ1v) is 12.1. The van der Waals surface area contributed by atoms with Crippen LogP contribution in [0.1, 0.15) is 35.1 Å². The number of ether oxygens (including phenoxy) is 1. The van der Waals surface area contributed by atoms with Crippen molar-refractivity contribution in [2.45, 2.75) is 32.1 Å². The van der Waals surface area contributed by atoms with Crippen LogP contribution in [-0.2, 0) is 24.1 Å². The van der Waals surface area contributed by atoms with E-state index >= 15 is 0 Å². The third-order valence-corrected chi connectivity index (χ3v) is 6.91. The summed E-state index contributed by atoms with van der Waals surface area (Å²) in [6, 6.07) is 19.3. The van der Waals surface area contributed by atoms with E-state index in [1.807, 2.05) is 24.3 Å². The van der Waals surface area contributed by atoms with Crippen molar-refractivity contribution in [3.63, 3.8) is 0 Å². The molecular weight excluding hydrogens is 484 g/mol. The number of carbonyl (C=O) groups is 1. The van der Waals surface area contributed by atoms with E-state index in [1.165, 1.54) is 31.2 Å². The molecule has 0 aromatic heterocycles. The SMILES string of the molecule is COc1ccc(C2CN(Cc3cccc(C(F)(F)F)c3)CC2CN(Cc2ccc(F)cc2)C(C)=O)cc1. The number of nitrogens with zero attached hydrogens (tertiary/aromatic N) is 2. The van der Waals surface area contributed by atoms with Crippen LogP contribution in [0.5, 0.6) is 5.75 Å². The molecule has 0 bridgehead atoms. The Morgan fingerprint density at radius 3 is 2.32 bits per heavy atom. The number of rotatable bonds is 8. The summed E-state index contributed by atoms with van der Waals surface area (Å²) < 4.78 is 58.3. The first kappa shape index (κ1) is 26.7. The van der Waals surface area contributed by atoms with Gasteiger partial charge < -0.3 is 9.64 Å². The van der Waals surface area contributed by atoms with E-state index in [9.17, 15) is 22.4 Å². The van der Waals surface area contributed by atoms with E-state index in [-0.39, 0.29) is 23.6 Å². The Morgan fingerprint density at radius 2 is 1.70 bits per heavy atom. The highest BCUT2D eigenvalue weighted by atomic mass is 19.4. The van der Waals surface area contributed by atoms with Crippen LogP contribution in [0, 0.1) is 11.7 Å². The Bertz CT molecular complexity index is 1200. The standard InChI is InChI=1S/C29H30F4N2O2/c1-20(36)35(16-21-6-10-26(30)11-7-21)18-24-17-34(15-22-4-3-5-25(14-22)29(31,32)33)19-28(24)23-8-12-27(37-2)13-9-23/h3-14,24,28H,15-19H2,1-2H3. The van der Waals surface area contributed by atoms with Gasteiger partial charge in [0.2, 0.25) is 5.91 Å². The molecule has 1 heterocycles. The third-order valence-electron chi connectivity index (χ3n) is 6.91. The van der Waals surface area contributed by atoms with Crippen LogP contribution >= 0.6 is 0 Å². The molecule has 1 saturated heterocycles. The van der Waals surface area contributed by atoms with Gasteiger partial charge in [-0.25, -0.2) is 4.39 Å². The molecule has 0 spiro atoms. The lowest BCUT2D eigenvalue weighted by Crippen LogP contribution is -2.35. The van der Waals surface area contributed by atoms with E-state index in [4.69, 9.17) is 4.74 Å². The Labute approximate surface area is 214 Å². The van der Waals surface area contributed by atoms with Crippen LogP contribution in [0.4, 0.5) is 17.6 Å². The normalized spacial score (nSPS) is 18.1. The van der Waals surface area contributed by atoms with Crippen molar-refractivity contribution in [3.8, 4) is 5.75 Å². The molecule has 3 aromatic carbocycles. The van der Waals surface area contributed by atoms with Gasteiger partial charge >= 0.3 is 6.18 Å². The van der Waals surface area contributed by atoms with Crippen LogP contribution in [0.3, 0.4) is 0 Å². The first-order chi connectivity index (χ1) is 17.6. The summed E-state index contributed by atoms with van der Waals surface area (Å²) in [5.41, 5.74) is 1.85. The predicted molar refractivity (Wildman–Crippen MR) is 133 cm³/mol. The number of benzene rings is 3. The van der Waals surface area contributed by atoms with Gasteiger partial charge in [-0.2, -0.15) is 13.2 Å². The van der Waals surface area contributed by atoms with Crippen molar-refractivity contribution in [1.29, 1.82) is 0 Å². The molecule has 196 valence electrons. The highest BCUT2D eigenvalue weighted by Gasteiger charge is 2.36. The molecule has 4 nitrogen and oxygen atoms in total. The molecule has 0 radical (unpaired) electrons. The van der Waals surface area contributed by atoms with E-state index in [0.717, 1.165) is 22.9 Å². The van der Waals surface area contributed by atoms with Crippen LogP contribution in [0.2, 0.25) is 0 Å². The van der Waals surface area contributed by atoms with Crippen molar-refractivity contribution in [1.82, 2.24) is 9.80 Å². The molecule has 4 rings (SSSR count). The topological polar surface area (TPSA) is 32.8 Å². The fraction of sp³-hybridized carbons (Fsp3) is 0.345. The van der Waals surface area contributed by atoms with E-state index in [2.05, 4.69) is 4.90 Å². The summed E-state index contributed by atoms with van der Waals surface area (Å²) in [4.78, 5) is 16.4. The number of alkyl halides is 3. The molecule has 3 aromatic rings. The zero-order valence-corrected chi connectivity index (χ0v) is 20.8. The Balaban J connectivity index is 1.55. The van der Waals surface area contributed by atoms with Gasteiger partial charge in [0.25, 0.3) is 0 Å². The van der Waals surface area contributed by atoms with E-state index in [0.29, 0.717) is 38.3 Å². The second kappa shape index (κ2) is 11.3. The Kier molecular flexibility index (Phi) is 8.17. The van der Waals surface area contributed by atoms with Crippen LogP contribution in [0.15, 0.2) is 72.8 Å². The largest absolute Gasteiger partial charge is 0.497 e. The molecule has 1 amide bonds. The number of hydrogen-bond donors (Lipinski definition) is 0. The van der Waals surface area contributed by atoms with Gasteiger partial charge in [0.1, 0.15) is 11.6 Å². The van der Waals surface area contributed by atoms with Gasteiger partial charge in [0.15, 0.2) is 0 Å². The monoisotopic (exact) mass is 514 g/mol. The van der Waals surface area contributed by atoms with Crippen molar-refractivity contribution in [3.05, 3.63) is 101 Å². The number of methoxy groups -OCH3 is 1. The Morgan fingerprint density at radius 1 is 1.00 bits per heavy atom. The van der Waals surface area contributed by atoms with Crippen molar-refractivity contribution in [2.24, 2.45) is 5.92 Å². The molecule has 37 heavy (non-hydrogen) atoms. The summed E-state index contributed by atoms with van der Waals surface area (Å²) in [5, 5.41) is 0. The molecule has 0 aliphatic carbocycles. The second-order valence-electron chi connectivity index (χ2n) is 9.56. The smallest absolute Gasteiger partial charge is 0.416 e. The number of hydrogen-bond acceptors (Lipinski definition) is 3. The Hall–Kier alpha value is -3.39. The minimum absolute atomic E-state index is 0.0588. The molecule has 0 N–H and O–H groups in total. The number of likely N-dealkylation sites (tertiary alicyclic amines) is 1. The number of amides is 1. The average molecular weight is 515 g/mol. The molecule has 1 aliphatic rings. The van der Waals surface area contributed by atoms with Gasteiger partial charge in [-0.1, -0.05) is 42.5 Å². The van der Waals surface area contributed by atoms with Crippen LogP contribution in [0.25, 0.3) is 0 Å². The quantitative estimate of drug-likeness (QED) is 0.340. The number of carbonyl (C=O) groups excluding carboxylic acids is 1. The number of halogens is 4. The highest BCUT2D eigenvalue weighted by Crippen LogP contribution is 2.36. The lowest BCUT2D eigenvalue weighted by atomic mass is 9.88. The molecule has 0 saturated carbocycles. The lowest BCUT2D eigenvalue weighted by Gasteiger charge is -2.28. The minimum atomic E-state index is -4.39. The van der Waals surface area contributed by atoms with Gasteiger partial charge in [0.05, 0.1) is 12.7 Å². The van der Waals surface area contributed by atoms with E-state index in [1.54, 1.807) is 30.2 Å². The molecule has 1 aliphatic heterocycles. The highest BCUT2D eigenvalue weighted by molar-refractivity contribution is 5.73. The minimum Gasteiger partial charge on any atom is -0.497 e. The third kappa shape index (κ3) is 6.89. The molecule has 1 fully saturated rings. The van der Waals surface area contributed by atoms with Crippen molar-refractivity contribution < 1.29 is 27.1 Å². The second-order valence-corrected chi connectivity index (χ2v) is 9.56. The summed E-state index contributed by atoms with van der Waals surface area (Å²) in [7, 11) is 1.60. The lowest BCUT2D eigenvalue weighted by molar-refractivity contribution is -0.137. The first-order valence-electron chi connectivity index (χ1n) is 12.1. The fourth-order valence-corrected chi connectivity index (χ4v) is 5.01. The summed E-state index contributed by atoms with van der Waals surface area (Å²) in [5.74, 6) is 0.448. The van der Waals surface area contributed by atoms with Crippen molar-refractivity contribution in [2.75, 3.05) is 26.7 Å². The predicted octanol–water partition coefficient (Wildman–Crippen LogP) is 6.12. The van der Waals surface area contributed by atoms with Gasteiger partial charge in [-0.15, -0.1) is 0 Å². The van der Waals surface area contributed by atoms with E-state index < -0.39 is 11.7 Å². The maximum Gasteiger partial charge on any atom is 0.416 e. The maximum atomic E-state index is 13.4.